The number of carbonyl (C=O) groups is 2. The molecule has 0 radical (unpaired) electrons. The summed E-state index contributed by atoms with van der Waals surface area (Å²) in [6.07, 6.45) is 2.32. The van der Waals surface area contributed by atoms with Gasteiger partial charge in [0.25, 0.3) is 0 Å². The molecule has 0 aliphatic heterocycles. The van der Waals surface area contributed by atoms with Crippen LogP contribution in [0.3, 0.4) is 0 Å². The molecule has 0 unspecified atom stereocenters. The van der Waals surface area contributed by atoms with E-state index in [1.807, 2.05) is 111 Å². The third kappa shape index (κ3) is 10.4. The zero-order valence-corrected chi connectivity index (χ0v) is 41.5. The van der Waals surface area contributed by atoms with Gasteiger partial charge in [-0.25, -0.2) is 24.4 Å². The van der Waals surface area contributed by atoms with Gasteiger partial charge in [0.15, 0.2) is 35.1 Å². The van der Waals surface area contributed by atoms with Crippen molar-refractivity contribution in [1.82, 2.24) is 60.4 Å². The van der Waals surface area contributed by atoms with Crippen LogP contribution in [0.5, 0.6) is 0 Å². The van der Waals surface area contributed by atoms with E-state index in [0.717, 1.165) is 44.5 Å². The van der Waals surface area contributed by atoms with E-state index >= 15 is 4.79 Å². The first kappa shape index (κ1) is 49.3. The lowest BCUT2D eigenvalue weighted by Crippen LogP contribution is -2.32. The van der Waals surface area contributed by atoms with Gasteiger partial charge in [-0.3, -0.25) is 0 Å². The van der Waals surface area contributed by atoms with Crippen LogP contribution in [0.2, 0.25) is 0 Å². The quantitative estimate of drug-likeness (QED) is 0.0643. The molecule has 0 aliphatic carbocycles. The van der Waals surface area contributed by atoms with Crippen LogP contribution in [0.4, 0.5) is 0 Å². The fourth-order valence-corrected chi connectivity index (χ4v) is 8.82. The lowest BCUT2D eigenvalue weighted by Gasteiger charge is -2.26. The van der Waals surface area contributed by atoms with E-state index < -0.39 is 35.6 Å². The summed E-state index contributed by atoms with van der Waals surface area (Å²) < 4.78 is 26.1. The van der Waals surface area contributed by atoms with Gasteiger partial charge in [0.05, 0.1) is 0 Å². The third-order valence-electron chi connectivity index (χ3n) is 12.3. The maximum atomic E-state index is 15.1. The van der Waals surface area contributed by atoms with Crippen molar-refractivity contribution in [2.45, 2.75) is 105 Å². The summed E-state index contributed by atoms with van der Waals surface area (Å²) in [5.41, 5.74) is 4.12. The third-order valence-corrected chi connectivity index (χ3v) is 12.3. The molecule has 0 aliphatic rings. The molecule has 9 aromatic rings. The van der Waals surface area contributed by atoms with Crippen molar-refractivity contribution in [3.05, 3.63) is 165 Å². The summed E-state index contributed by atoms with van der Waals surface area (Å²) in [5.74, 6) is -0.266. The molecular formula is C53H54N12O8. The first-order valence-corrected chi connectivity index (χ1v) is 23.9. The van der Waals surface area contributed by atoms with Crippen molar-refractivity contribution in [3.8, 4) is 45.0 Å². The number of aromatic amines is 2. The van der Waals surface area contributed by atoms with Crippen LogP contribution in [0, 0.1) is 6.92 Å². The molecule has 4 aromatic carbocycles. The van der Waals surface area contributed by atoms with Gasteiger partial charge in [-0.15, -0.1) is 20.4 Å². The van der Waals surface area contributed by atoms with Gasteiger partial charge < -0.3 is 32.5 Å². The van der Waals surface area contributed by atoms with Crippen molar-refractivity contribution in [3.63, 3.8) is 0 Å². The Kier molecular flexibility index (Phi) is 13.9. The molecule has 0 amide bonds. The van der Waals surface area contributed by atoms with E-state index in [4.69, 9.17) is 28.3 Å². The minimum Gasteiger partial charge on any atom is -0.453 e. The second-order valence-corrected chi connectivity index (χ2v) is 18.5. The van der Waals surface area contributed by atoms with Crippen molar-refractivity contribution in [2.24, 2.45) is 0 Å². The van der Waals surface area contributed by atoms with Gasteiger partial charge in [0, 0.05) is 37.1 Å². The summed E-state index contributed by atoms with van der Waals surface area (Å²) >= 11 is 0. The highest BCUT2D eigenvalue weighted by atomic mass is 16.6. The standard InChI is InChI=1S/C53H54N12O8/c1-8-14-41-54-45(52(4,5)69)43(64(41)28-32-20-24-34(25-21-32)36-16-10-12-18-38(36)47-56-60-61-57-47)50(67)73-53(6,7)46-44(49(66)70-30-40-31(3)71-51(68)72-40)65(42(55-46)15-9-2)29-33-22-26-35(27-23-33)37-17-11-13-19-39(37)48-58-62-63-59-48/h10-13,16-27,69H,8-9,14-15,28-30H2,1-7H3,(H,56,57,60,61)(H,58,59,62,63). The van der Waals surface area contributed by atoms with Gasteiger partial charge in [-0.2, -0.15) is 10.4 Å². The molecule has 0 atom stereocenters. The Morgan fingerprint density at radius 1 is 0.644 bits per heavy atom. The number of esters is 2. The summed E-state index contributed by atoms with van der Waals surface area (Å²) in [5, 5.41) is 40.8. The van der Waals surface area contributed by atoms with Gasteiger partial charge in [-0.05, 0) is 91.3 Å². The first-order chi connectivity index (χ1) is 35.1. The molecule has 374 valence electrons. The fraction of sp³-hybridized carbons (Fsp3) is 0.302. The monoisotopic (exact) mass is 986 g/mol. The molecule has 73 heavy (non-hydrogen) atoms. The number of hydrogen-bond acceptors (Lipinski definition) is 16. The summed E-state index contributed by atoms with van der Waals surface area (Å²) in [4.78, 5) is 51.6. The topological polar surface area (TPSA) is 261 Å². The van der Waals surface area contributed by atoms with Crippen LogP contribution >= 0.6 is 0 Å². The zero-order chi connectivity index (χ0) is 51.4. The van der Waals surface area contributed by atoms with E-state index in [0.29, 0.717) is 49.0 Å². The summed E-state index contributed by atoms with van der Waals surface area (Å²) in [6, 6.07) is 31.3. The average molecular weight is 987 g/mol. The number of H-pyrrole nitrogens is 2. The van der Waals surface area contributed by atoms with Gasteiger partial charge in [0.1, 0.15) is 28.6 Å². The Balaban J connectivity index is 1.07. The largest absolute Gasteiger partial charge is 0.519 e. The molecule has 5 heterocycles. The molecule has 3 N–H and O–H groups in total. The number of benzene rings is 4. The Bertz CT molecular complexity index is 3430. The molecule has 0 saturated heterocycles. The number of nitrogens with zero attached hydrogens (tertiary/aromatic N) is 10. The number of aliphatic hydroxyl groups is 1. The highest BCUT2D eigenvalue weighted by Gasteiger charge is 2.40. The van der Waals surface area contributed by atoms with Gasteiger partial charge in [0.2, 0.25) is 11.6 Å². The number of tetrazole rings is 2. The van der Waals surface area contributed by atoms with Crippen molar-refractivity contribution >= 4 is 11.9 Å². The van der Waals surface area contributed by atoms with Crippen LogP contribution in [0.1, 0.15) is 121 Å². The van der Waals surface area contributed by atoms with Gasteiger partial charge in [-0.1, -0.05) is 111 Å². The molecule has 0 spiro atoms. The number of hydrogen-bond donors (Lipinski definition) is 3. The van der Waals surface area contributed by atoms with Crippen molar-refractivity contribution in [1.29, 1.82) is 0 Å². The maximum absolute atomic E-state index is 15.1. The van der Waals surface area contributed by atoms with Gasteiger partial charge >= 0.3 is 17.8 Å². The predicted molar refractivity (Wildman–Crippen MR) is 266 cm³/mol. The van der Waals surface area contributed by atoms with Crippen LogP contribution in [-0.2, 0) is 53.2 Å². The molecule has 5 aromatic heterocycles. The van der Waals surface area contributed by atoms with E-state index in [1.165, 1.54) is 6.92 Å². The highest BCUT2D eigenvalue weighted by molar-refractivity contribution is 5.92. The van der Waals surface area contributed by atoms with E-state index in [-0.39, 0.29) is 47.4 Å². The molecule has 20 heteroatoms. The number of aryl methyl sites for hydroxylation is 3. The number of aromatic nitrogens is 12. The second-order valence-electron chi connectivity index (χ2n) is 18.5. The number of carbonyl (C=O) groups excluding carboxylic acids is 2. The van der Waals surface area contributed by atoms with Crippen LogP contribution in [0.25, 0.3) is 45.0 Å². The smallest absolute Gasteiger partial charge is 0.453 e. The maximum Gasteiger partial charge on any atom is 0.519 e. The number of rotatable bonds is 19. The first-order valence-electron chi connectivity index (χ1n) is 23.9. The van der Waals surface area contributed by atoms with Crippen LogP contribution in [-0.4, -0.2) is 77.4 Å². The normalized spacial score (nSPS) is 11.8. The molecule has 0 fully saturated rings. The predicted octanol–water partition coefficient (Wildman–Crippen LogP) is 8.31. The van der Waals surface area contributed by atoms with Crippen LogP contribution in [0.15, 0.2) is 111 Å². The molecule has 20 nitrogen and oxygen atoms in total. The van der Waals surface area contributed by atoms with Crippen molar-refractivity contribution < 1.29 is 33.0 Å². The highest BCUT2D eigenvalue weighted by Crippen LogP contribution is 2.36. The lowest BCUT2D eigenvalue weighted by atomic mass is 9.98. The van der Waals surface area contributed by atoms with E-state index in [1.54, 1.807) is 36.8 Å². The van der Waals surface area contributed by atoms with E-state index in [2.05, 4.69) is 41.2 Å². The molecule has 0 bridgehead atoms. The van der Waals surface area contributed by atoms with Crippen molar-refractivity contribution in [2.75, 3.05) is 0 Å². The molecule has 0 saturated carbocycles. The minimum atomic E-state index is -1.59. The molecule has 9 rings (SSSR count). The second kappa shape index (κ2) is 20.6. The summed E-state index contributed by atoms with van der Waals surface area (Å²) in [7, 11) is 0. The Labute approximate surface area is 418 Å². The number of nitrogens with one attached hydrogen (secondary N) is 2. The molecular weight excluding hydrogens is 933 g/mol. The number of imidazole rings is 2. The Morgan fingerprint density at radius 3 is 1.53 bits per heavy atom. The Hall–Kier alpha value is -8.65. The SMILES string of the molecule is CCCc1nc(C(C)(C)O)c(C(=O)OC(C)(C)c2nc(CCC)n(Cc3ccc(-c4ccccc4-c4nn[nH]n4)cc3)c2C(=O)OCc2oc(=O)oc2C)n1Cc1ccc(-c2ccccc2-c2nn[nH]n2)cc1. The van der Waals surface area contributed by atoms with E-state index in [9.17, 15) is 14.7 Å². The van der Waals surface area contributed by atoms with Crippen LogP contribution < -0.4 is 5.82 Å². The zero-order valence-electron chi connectivity index (χ0n) is 41.5. The lowest BCUT2D eigenvalue weighted by molar-refractivity contribution is -0.00858. The fourth-order valence-electron chi connectivity index (χ4n) is 8.82. The number of ether oxygens (including phenoxy) is 2. The summed E-state index contributed by atoms with van der Waals surface area (Å²) in [6.45, 7) is 12.0. The average Bonchev–Trinajstić information content (AvgIpc) is 4.24. The minimum absolute atomic E-state index is 0.0279. The Morgan fingerprint density at radius 2 is 1.11 bits per heavy atom.